The monoisotopic (exact) mass is 282 g/mol. The minimum absolute atomic E-state index is 0.198. The maximum Gasteiger partial charge on any atom is 0.147 e. The van der Waals surface area contributed by atoms with Crippen LogP contribution in [0.4, 0.5) is 10.1 Å². The lowest BCUT2D eigenvalue weighted by molar-refractivity contribution is 0.0481. The van der Waals surface area contributed by atoms with Crippen LogP contribution >= 0.6 is 12.2 Å². The second-order valence-corrected chi connectivity index (χ2v) is 5.81. The maximum atomic E-state index is 14.1. The number of halogens is 1. The molecule has 3 nitrogen and oxygen atoms in total. The summed E-state index contributed by atoms with van der Waals surface area (Å²) in [4.78, 5) is 2.17. The first-order chi connectivity index (χ1) is 8.89. The molecule has 1 saturated heterocycles. The van der Waals surface area contributed by atoms with Crippen molar-refractivity contribution in [1.29, 1.82) is 0 Å². The van der Waals surface area contributed by atoms with Crippen LogP contribution in [0.15, 0.2) is 18.2 Å². The van der Waals surface area contributed by atoms with Crippen LogP contribution in [-0.4, -0.2) is 28.8 Å². The molecule has 1 aliphatic heterocycles. The second-order valence-electron chi connectivity index (χ2n) is 5.37. The molecule has 1 aliphatic rings. The van der Waals surface area contributed by atoms with Gasteiger partial charge >= 0.3 is 0 Å². The number of aliphatic hydroxyl groups is 1. The first kappa shape index (κ1) is 14.2. The van der Waals surface area contributed by atoms with E-state index in [2.05, 4.69) is 0 Å². The van der Waals surface area contributed by atoms with Crippen LogP contribution in [0.5, 0.6) is 0 Å². The molecule has 0 saturated carbocycles. The molecule has 1 fully saturated rings. The largest absolute Gasteiger partial charge is 0.390 e. The molecule has 5 heteroatoms. The number of anilines is 1. The lowest BCUT2D eigenvalue weighted by atomic mass is 9.98. The Morgan fingerprint density at radius 3 is 2.79 bits per heavy atom. The highest BCUT2D eigenvalue weighted by Crippen LogP contribution is 2.27. The molecule has 0 amide bonds. The highest BCUT2D eigenvalue weighted by Gasteiger charge is 2.26. The number of thiocarbonyl (C=S) groups is 1. The van der Waals surface area contributed by atoms with Crippen LogP contribution in [0.1, 0.15) is 31.7 Å². The van der Waals surface area contributed by atoms with Gasteiger partial charge in [0.1, 0.15) is 10.8 Å². The molecule has 1 aromatic carbocycles. The molecule has 0 radical (unpaired) electrons. The number of benzene rings is 1. The molecule has 19 heavy (non-hydrogen) atoms. The van der Waals surface area contributed by atoms with E-state index in [9.17, 15) is 9.50 Å². The van der Waals surface area contributed by atoms with E-state index >= 15 is 0 Å². The standard InChI is InChI=1S/C14H19FN2OS/c1-14(18)5-2-7-17(8-6-14)12-4-3-10(13(16)19)9-11(12)15/h3-4,9,18H,2,5-8H2,1H3,(H2,16,19). The summed E-state index contributed by atoms with van der Waals surface area (Å²) >= 11 is 4.84. The maximum absolute atomic E-state index is 14.1. The van der Waals surface area contributed by atoms with E-state index < -0.39 is 5.60 Å². The zero-order valence-electron chi connectivity index (χ0n) is 11.0. The highest BCUT2D eigenvalue weighted by atomic mass is 32.1. The molecule has 1 atom stereocenters. The van der Waals surface area contributed by atoms with E-state index in [1.165, 1.54) is 6.07 Å². The van der Waals surface area contributed by atoms with Crippen LogP contribution < -0.4 is 10.6 Å². The van der Waals surface area contributed by atoms with Crippen molar-refractivity contribution in [2.75, 3.05) is 18.0 Å². The van der Waals surface area contributed by atoms with Crippen molar-refractivity contribution in [2.45, 2.75) is 31.8 Å². The van der Waals surface area contributed by atoms with Gasteiger partial charge in [-0.15, -0.1) is 0 Å². The Morgan fingerprint density at radius 2 is 2.16 bits per heavy atom. The van der Waals surface area contributed by atoms with Crippen molar-refractivity contribution < 1.29 is 9.50 Å². The van der Waals surface area contributed by atoms with Crippen molar-refractivity contribution in [3.8, 4) is 0 Å². The SMILES string of the molecule is CC1(O)CCCN(c2ccc(C(N)=S)cc2F)CC1. The molecule has 0 bridgehead atoms. The first-order valence-electron chi connectivity index (χ1n) is 6.46. The van der Waals surface area contributed by atoms with Crippen molar-refractivity contribution in [3.63, 3.8) is 0 Å². The Morgan fingerprint density at radius 1 is 1.42 bits per heavy atom. The van der Waals surface area contributed by atoms with Gasteiger partial charge in [0.15, 0.2) is 0 Å². The Hall–Kier alpha value is -1.20. The highest BCUT2D eigenvalue weighted by molar-refractivity contribution is 7.80. The van der Waals surface area contributed by atoms with Crippen molar-refractivity contribution >= 4 is 22.9 Å². The molecular weight excluding hydrogens is 263 g/mol. The Balaban J connectivity index is 2.20. The molecule has 104 valence electrons. The summed E-state index contributed by atoms with van der Waals surface area (Å²) in [7, 11) is 0. The Kier molecular flexibility index (Phi) is 4.06. The van der Waals surface area contributed by atoms with Gasteiger partial charge in [0.05, 0.1) is 11.3 Å². The third kappa shape index (κ3) is 3.42. The molecule has 2 rings (SSSR count). The molecule has 0 aromatic heterocycles. The lowest BCUT2D eigenvalue weighted by Crippen LogP contribution is -2.28. The van der Waals surface area contributed by atoms with Crippen LogP contribution in [0.2, 0.25) is 0 Å². The quantitative estimate of drug-likeness (QED) is 0.817. The van der Waals surface area contributed by atoms with E-state index in [1.54, 1.807) is 12.1 Å². The topological polar surface area (TPSA) is 49.5 Å². The number of nitrogens with two attached hydrogens (primary N) is 1. The third-order valence-electron chi connectivity index (χ3n) is 3.64. The van der Waals surface area contributed by atoms with Gasteiger partial charge in [-0.25, -0.2) is 4.39 Å². The fourth-order valence-corrected chi connectivity index (χ4v) is 2.55. The summed E-state index contributed by atoms with van der Waals surface area (Å²) in [6, 6.07) is 4.83. The number of hydrogen-bond donors (Lipinski definition) is 2. The normalized spacial score (nSPS) is 24.1. The molecule has 1 unspecified atom stereocenters. The van der Waals surface area contributed by atoms with Gasteiger partial charge in [-0.05, 0) is 44.4 Å². The van der Waals surface area contributed by atoms with E-state index in [4.69, 9.17) is 18.0 Å². The van der Waals surface area contributed by atoms with Crippen LogP contribution in [0.3, 0.4) is 0 Å². The number of hydrogen-bond acceptors (Lipinski definition) is 3. The summed E-state index contributed by atoms with van der Waals surface area (Å²) < 4.78 is 14.1. The van der Waals surface area contributed by atoms with Gasteiger partial charge in [0.2, 0.25) is 0 Å². The zero-order valence-corrected chi connectivity index (χ0v) is 11.8. The van der Waals surface area contributed by atoms with Crippen molar-refractivity contribution in [2.24, 2.45) is 5.73 Å². The summed E-state index contributed by atoms with van der Waals surface area (Å²) in [6.45, 7) is 3.23. The summed E-state index contributed by atoms with van der Waals surface area (Å²) in [5.74, 6) is -0.313. The van der Waals surface area contributed by atoms with Gasteiger partial charge in [-0.1, -0.05) is 12.2 Å². The second kappa shape index (κ2) is 5.43. The Bertz CT molecular complexity index is 490. The summed E-state index contributed by atoms with van der Waals surface area (Å²) in [6.07, 6.45) is 2.24. The third-order valence-corrected chi connectivity index (χ3v) is 3.87. The van der Waals surface area contributed by atoms with Gasteiger partial charge in [-0.3, -0.25) is 0 Å². The minimum atomic E-state index is -0.649. The first-order valence-corrected chi connectivity index (χ1v) is 6.86. The van der Waals surface area contributed by atoms with Gasteiger partial charge < -0.3 is 15.7 Å². The molecule has 1 heterocycles. The van der Waals surface area contributed by atoms with Crippen molar-refractivity contribution in [3.05, 3.63) is 29.6 Å². The van der Waals surface area contributed by atoms with E-state index in [0.717, 1.165) is 19.4 Å². The van der Waals surface area contributed by atoms with Gasteiger partial charge in [0, 0.05) is 18.7 Å². The fraction of sp³-hybridized carbons (Fsp3) is 0.500. The van der Waals surface area contributed by atoms with Crippen LogP contribution in [0.25, 0.3) is 0 Å². The van der Waals surface area contributed by atoms with Crippen molar-refractivity contribution in [1.82, 2.24) is 0 Å². The fourth-order valence-electron chi connectivity index (χ4n) is 2.42. The molecule has 1 aromatic rings. The number of rotatable bonds is 2. The Labute approximate surface area is 118 Å². The number of nitrogens with zero attached hydrogens (tertiary/aromatic N) is 1. The van der Waals surface area contributed by atoms with E-state index in [0.29, 0.717) is 24.2 Å². The smallest absolute Gasteiger partial charge is 0.147 e. The molecule has 0 aliphatic carbocycles. The van der Waals surface area contributed by atoms with Gasteiger partial charge in [0.25, 0.3) is 0 Å². The summed E-state index contributed by atoms with van der Waals surface area (Å²) in [5, 5.41) is 10.1. The van der Waals surface area contributed by atoms with E-state index in [-0.39, 0.29) is 10.8 Å². The average molecular weight is 282 g/mol. The predicted molar refractivity (Wildman–Crippen MR) is 79.0 cm³/mol. The molecule has 0 spiro atoms. The average Bonchev–Trinajstić information content (AvgIpc) is 2.50. The lowest BCUT2D eigenvalue weighted by Gasteiger charge is -2.24. The van der Waals surface area contributed by atoms with E-state index in [1.807, 2.05) is 11.8 Å². The molecular formula is C14H19FN2OS. The zero-order chi connectivity index (χ0) is 14.0. The molecule has 3 N–H and O–H groups in total. The predicted octanol–water partition coefficient (Wildman–Crippen LogP) is 2.20. The summed E-state index contributed by atoms with van der Waals surface area (Å²) in [5.41, 5.74) is 5.93. The minimum Gasteiger partial charge on any atom is -0.390 e. The van der Waals surface area contributed by atoms with Crippen LogP contribution in [-0.2, 0) is 0 Å². The van der Waals surface area contributed by atoms with Gasteiger partial charge in [-0.2, -0.15) is 0 Å². The van der Waals surface area contributed by atoms with Crippen LogP contribution in [0, 0.1) is 5.82 Å².